The largest absolute Gasteiger partial charge is 0.387 e. The summed E-state index contributed by atoms with van der Waals surface area (Å²) in [4.78, 5) is 16.3. The maximum Gasteiger partial charge on any atom is 0.251 e. The zero-order valence-corrected chi connectivity index (χ0v) is 12.0. The second-order valence-electron chi connectivity index (χ2n) is 4.69. The molecule has 0 aliphatic carbocycles. The van der Waals surface area contributed by atoms with Crippen LogP contribution in [0.5, 0.6) is 0 Å². The fraction of sp³-hybridized carbons (Fsp3) is 0.125. The molecular formula is C16H14N2O2S. The molecule has 3 rings (SSSR count). The van der Waals surface area contributed by atoms with E-state index in [1.165, 1.54) is 11.3 Å². The van der Waals surface area contributed by atoms with E-state index in [0.29, 0.717) is 5.56 Å². The van der Waals surface area contributed by atoms with Gasteiger partial charge in [0.05, 0.1) is 11.6 Å². The third-order valence-corrected chi connectivity index (χ3v) is 3.95. The summed E-state index contributed by atoms with van der Waals surface area (Å²) in [7, 11) is 0. The van der Waals surface area contributed by atoms with Gasteiger partial charge in [0.1, 0.15) is 0 Å². The third-order valence-electron chi connectivity index (χ3n) is 3.25. The van der Waals surface area contributed by atoms with Crippen molar-refractivity contribution in [1.29, 1.82) is 0 Å². The minimum atomic E-state index is -0.678. The summed E-state index contributed by atoms with van der Waals surface area (Å²) in [6, 6.07) is 11.0. The first kappa shape index (κ1) is 13.7. The molecule has 21 heavy (non-hydrogen) atoms. The molecule has 1 amide bonds. The van der Waals surface area contributed by atoms with Crippen LogP contribution in [0.2, 0.25) is 0 Å². The summed E-state index contributed by atoms with van der Waals surface area (Å²) < 4.78 is 0. The lowest BCUT2D eigenvalue weighted by Crippen LogP contribution is -2.28. The standard InChI is InChI=1S/C16H14N2O2S/c19-15(13-5-7-21-10-13)9-18-16(20)12-3-4-14-11(8-12)2-1-6-17-14/h1-8,10,15,19H,9H2,(H,18,20). The number of rotatable bonds is 4. The van der Waals surface area contributed by atoms with Gasteiger partial charge in [-0.2, -0.15) is 11.3 Å². The fourth-order valence-corrected chi connectivity index (χ4v) is 2.80. The van der Waals surface area contributed by atoms with Crippen molar-refractivity contribution in [3.63, 3.8) is 0 Å². The molecule has 0 saturated carbocycles. The maximum absolute atomic E-state index is 12.1. The summed E-state index contributed by atoms with van der Waals surface area (Å²) in [6.07, 6.45) is 1.04. The summed E-state index contributed by atoms with van der Waals surface area (Å²) >= 11 is 1.52. The summed E-state index contributed by atoms with van der Waals surface area (Å²) in [5.74, 6) is -0.199. The van der Waals surface area contributed by atoms with Crippen molar-refractivity contribution in [2.45, 2.75) is 6.10 Å². The van der Waals surface area contributed by atoms with Crippen molar-refractivity contribution >= 4 is 28.1 Å². The van der Waals surface area contributed by atoms with E-state index in [0.717, 1.165) is 16.5 Å². The predicted octanol–water partition coefficient (Wildman–Crippen LogP) is 2.76. The maximum atomic E-state index is 12.1. The van der Waals surface area contributed by atoms with Gasteiger partial charge in [-0.25, -0.2) is 0 Å². The van der Waals surface area contributed by atoms with Gasteiger partial charge in [-0.15, -0.1) is 0 Å². The normalized spacial score (nSPS) is 12.2. The van der Waals surface area contributed by atoms with Gasteiger partial charge >= 0.3 is 0 Å². The molecule has 2 heterocycles. The van der Waals surface area contributed by atoms with Crippen LogP contribution in [-0.2, 0) is 0 Å². The van der Waals surface area contributed by atoms with Crippen LogP contribution in [0.15, 0.2) is 53.4 Å². The van der Waals surface area contributed by atoms with E-state index in [9.17, 15) is 9.90 Å². The molecule has 0 saturated heterocycles. The molecule has 0 spiro atoms. The zero-order valence-electron chi connectivity index (χ0n) is 11.2. The van der Waals surface area contributed by atoms with Crippen molar-refractivity contribution in [3.8, 4) is 0 Å². The molecule has 2 aromatic heterocycles. The number of aliphatic hydroxyl groups is 1. The number of nitrogens with zero attached hydrogens (tertiary/aromatic N) is 1. The van der Waals surface area contributed by atoms with Crippen LogP contribution in [0.1, 0.15) is 22.0 Å². The van der Waals surface area contributed by atoms with Crippen molar-refractivity contribution in [1.82, 2.24) is 10.3 Å². The SMILES string of the molecule is O=C(NCC(O)c1ccsc1)c1ccc2ncccc2c1. The number of fused-ring (bicyclic) bond motifs is 1. The predicted molar refractivity (Wildman–Crippen MR) is 83.4 cm³/mol. The first-order valence-corrected chi connectivity index (χ1v) is 7.51. The van der Waals surface area contributed by atoms with Gasteiger partial charge < -0.3 is 10.4 Å². The molecule has 0 bridgehead atoms. The number of aromatic nitrogens is 1. The van der Waals surface area contributed by atoms with Crippen LogP contribution in [0.4, 0.5) is 0 Å². The Hall–Kier alpha value is -2.24. The van der Waals surface area contributed by atoms with Crippen LogP contribution >= 0.6 is 11.3 Å². The Balaban J connectivity index is 1.69. The Morgan fingerprint density at radius 3 is 3.05 bits per heavy atom. The van der Waals surface area contributed by atoms with E-state index in [2.05, 4.69) is 10.3 Å². The monoisotopic (exact) mass is 298 g/mol. The van der Waals surface area contributed by atoms with E-state index in [1.54, 1.807) is 18.3 Å². The first-order valence-electron chi connectivity index (χ1n) is 6.57. The number of hydrogen-bond donors (Lipinski definition) is 2. The van der Waals surface area contributed by atoms with Crippen LogP contribution in [-0.4, -0.2) is 22.5 Å². The first-order chi connectivity index (χ1) is 10.2. The molecule has 1 aromatic carbocycles. The van der Waals surface area contributed by atoms with Gasteiger partial charge in [0.2, 0.25) is 0 Å². The Bertz CT molecular complexity index is 756. The molecule has 1 unspecified atom stereocenters. The van der Waals surface area contributed by atoms with E-state index >= 15 is 0 Å². The number of aliphatic hydroxyl groups excluding tert-OH is 1. The van der Waals surface area contributed by atoms with Gasteiger partial charge in [-0.3, -0.25) is 9.78 Å². The van der Waals surface area contributed by atoms with Gasteiger partial charge in [-0.05, 0) is 46.7 Å². The number of nitrogens with one attached hydrogen (secondary N) is 1. The highest BCUT2D eigenvalue weighted by Gasteiger charge is 2.11. The van der Waals surface area contributed by atoms with Gasteiger partial charge in [0.15, 0.2) is 0 Å². The van der Waals surface area contributed by atoms with Gasteiger partial charge in [0.25, 0.3) is 5.91 Å². The average Bonchev–Trinajstić information content (AvgIpc) is 3.06. The number of amides is 1. The highest BCUT2D eigenvalue weighted by molar-refractivity contribution is 7.07. The number of pyridine rings is 1. The van der Waals surface area contributed by atoms with E-state index in [1.807, 2.05) is 35.0 Å². The Kier molecular flexibility index (Phi) is 3.94. The van der Waals surface area contributed by atoms with Crippen LogP contribution in [0.25, 0.3) is 10.9 Å². The van der Waals surface area contributed by atoms with E-state index in [-0.39, 0.29) is 12.5 Å². The summed E-state index contributed by atoms with van der Waals surface area (Å²) in [5.41, 5.74) is 2.24. The Morgan fingerprint density at radius 2 is 2.24 bits per heavy atom. The van der Waals surface area contributed by atoms with Crippen LogP contribution in [0, 0.1) is 0 Å². The molecule has 3 aromatic rings. The van der Waals surface area contributed by atoms with Crippen molar-refractivity contribution in [2.24, 2.45) is 0 Å². The van der Waals surface area contributed by atoms with Crippen molar-refractivity contribution in [3.05, 3.63) is 64.5 Å². The summed E-state index contributed by atoms with van der Waals surface area (Å²) in [6.45, 7) is 0.195. The lowest BCUT2D eigenvalue weighted by molar-refractivity contribution is 0.0916. The Morgan fingerprint density at radius 1 is 1.33 bits per heavy atom. The lowest BCUT2D eigenvalue weighted by Gasteiger charge is -2.11. The molecule has 106 valence electrons. The second-order valence-corrected chi connectivity index (χ2v) is 5.47. The third kappa shape index (κ3) is 3.09. The second kappa shape index (κ2) is 6.03. The number of carbonyl (C=O) groups is 1. The van der Waals surface area contributed by atoms with Gasteiger partial charge in [-0.1, -0.05) is 6.07 Å². The summed E-state index contributed by atoms with van der Waals surface area (Å²) in [5, 5.41) is 17.4. The smallest absolute Gasteiger partial charge is 0.251 e. The average molecular weight is 298 g/mol. The molecule has 1 atom stereocenters. The van der Waals surface area contributed by atoms with E-state index < -0.39 is 6.10 Å². The Labute approximate surface area is 126 Å². The van der Waals surface area contributed by atoms with Crippen molar-refractivity contribution < 1.29 is 9.90 Å². The molecule has 0 aliphatic heterocycles. The quantitative estimate of drug-likeness (QED) is 0.778. The molecule has 4 nitrogen and oxygen atoms in total. The number of carbonyl (C=O) groups excluding carboxylic acids is 1. The highest BCUT2D eigenvalue weighted by Crippen LogP contribution is 2.16. The molecule has 0 fully saturated rings. The van der Waals surface area contributed by atoms with Crippen molar-refractivity contribution in [2.75, 3.05) is 6.54 Å². The molecular weight excluding hydrogens is 284 g/mol. The van der Waals surface area contributed by atoms with E-state index in [4.69, 9.17) is 0 Å². The van der Waals surface area contributed by atoms with Crippen LogP contribution in [0.3, 0.4) is 0 Å². The lowest BCUT2D eigenvalue weighted by atomic mass is 10.1. The van der Waals surface area contributed by atoms with Gasteiger partial charge in [0, 0.05) is 23.7 Å². The minimum absolute atomic E-state index is 0.195. The zero-order chi connectivity index (χ0) is 14.7. The number of benzene rings is 1. The number of hydrogen-bond acceptors (Lipinski definition) is 4. The number of thiophene rings is 1. The van der Waals surface area contributed by atoms with Crippen LogP contribution < -0.4 is 5.32 Å². The molecule has 0 radical (unpaired) electrons. The molecule has 5 heteroatoms. The fourth-order valence-electron chi connectivity index (χ4n) is 2.09. The molecule has 0 aliphatic rings. The molecule has 2 N–H and O–H groups in total. The highest BCUT2D eigenvalue weighted by atomic mass is 32.1. The topological polar surface area (TPSA) is 62.2 Å². The minimum Gasteiger partial charge on any atom is -0.387 e.